The molecule has 0 bridgehead atoms. The zero-order valence-corrected chi connectivity index (χ0v) is 18.7. The van der Waals surface area contributed by atoms with Gasteiger partial charge in [0.1, 0.15) is 18.2 Å². The fourth-order valence-electron chi connectivity index (χ4n) is 3.75. The molecule has 0 atom stereocenters. The largest absolute Gasteiger partial charge is 0.489 e. The van der Waals surface area contributed by atoms with E-state index in [1.54, 1.807) is 55.5 Å². The predicted molar refractivity (Wildman–Crippen MR) is 127 cm³/mol. The summed E-state index contributed by atoms with van der Waals surface area (Å²) in [4.78, 5) is 0. The van der Waals surface area contributed by atoms with E-state index < -0.39 is 11.6 Å². The summed E-state index contributed by atoms with van der Waals surface area (Å²) in [7, 11) is 0. The van der Waals surface area contributed by atoms with E-state index in [4.69, 9.17) is 4.74 Å². The molecule has 0 aliphatic rings. The first kappa shape index (κ1) is 22.7. The van der Waals surface area contributed by atoms with E-state index in [0.29, 0.717) is 22.4 Å². The monoisotopic (exact) mass is 446 g/mol. The minimum atomic E-state index is -0.871. The van der Waals surface area contributed by atoms with Crippen LogP contribution in [0.3, 0.4) is 0 Å². The number of hydrogen-bond donors (Lipinski definition) is 0. The van der Waals surface area contributed by atoms with Gasteiger partial charge in [0.2, 0.25) is 0 Å². The molecule has 4 rings (SSSR count). The average Bonchev–Trinajstić information content (AvgIpc) is 2.83. The highest BCUT2D eigenvalue weighted by molar-refractivity contribution is 5.72. The maximum atomic E-state index is 14.9. The summed E-state index contributed by atoms with van der Waals surface area (Å²) in [5.41, 5.74) is 4.24. The maximum Gasteiger partial charge on any atom is 0.167 e. The summed E-state index contributed by atoms with van der Waals surface area (Å²) in [6.45, 7) is 4.04. The third-order valence-corrected chi connectivity index (χ3v) is 5.70. The molecule has 0 aliphatic heterocycles. The summed E-state index contributed by atoms with van der Waals surface area (Å²) < 4.78 is 49.1. The summed E-state index contributed by atoms with van der Waals surface area (Å²) in [5, 5.41) is 0. The van der Waals surface area contributed by atoms with Crippen molar-refractivity contribution < 1.29 is 17.9 Å². The maximum absolute atomic E-state index is 14.9. The molecule has 0 saturated carbocycles. The third-order valence-electron chi connectivity index (χ3n) is 5.70. The van der Waals surface area contributed by atoms with Gasteiger partial charge in [0.15, 0.2) is 11.6 Å². The molecule has 0 N–H and O–H groups in total. The van der Waals surface area contributed by atoms with Gasteiger partial charge in [-0.2, -0.15) is 0 Å². The zero-order valence-electron chi connectivity index (χ0n) is 18.7. The van der Waals surface area contributed by atoms with Gasteiger partial charge in [-0.25, -0.2) is 13.2 Å². The highest BCUT2D eigenvalue weighted by Crippen LogP contribution is 2.32. The van der Waals surface area contributed by atoms with Crippen molar-refractivity contribution in [3.05, 3.63) is 113 Å². The Morgan fingerprint density at radius 3 is 1.73 bits per heavy atom. The molecule has 0 fully saturated rings. The van der Waals surface area contributed by atoms with E-state index in [0.717, 1.165) is 18.4 Å². The normalized spacial score (nSPS) is 10.9. The molecule has 4 heteroatoms. The number of aryl methyl sites for hydroxylation is 2. The van der Waals surface area contributed by atoms with Crippen molar-refractivity contribution in [2.75, 3.05) is 0 Å². The second kappa shape index (κ2) is 9.95. The molecule has 4 aromatic rings. The van der Waals surface area contributed by atoms with Crippen LogP contribution < -0.4 is 4.74 Å². The van der Waals surface area contributed by atoms with Crippen LogP contribution in [0.5, 0.6) is 5.75 Å². The van der Waals surface area contributed by atoms with E-state index in [1.165, 1.54) is 11.6 Å². The molecule has 0 spiro atoms. The molecule has 1 nitrogen and oxygen atoms in total. The van der Waals surface area contributed by atoms with E-state index in [9.17, 15) is 13.2 Å². The SMILES string of the molecule is CCCc1ccc(-c2ccc(-c3ccc(COc4ccc(C)c(F)c4)cc3)c(F)c2F)cc1. The lowest BCUT2D eigenvalue weighted by molar-refractivity contribution is 0.304. The molecule has 0 saturated heterocycles. The standard InChI is InChI=1S/C29H25F3O/c1-3-4-20-6-10-22(11-7-20)25-15-16-26(29(32)28(25)31)23-12-8-21(9-13-23)18-33-24-14-5-19(2)27(30)17-24/h5-17H,3-4,18H2,1-2H3. The summed E-state index contributed by atoms with van der Waals surface area (Å²) in [6, 6.07) is 22.5. The lowest BCUT2D eigenvalue weighted by Crippen LogP contribution is -1.97. The minimum absolute atomic E-state index is 0.201. The molecular weight excluding hydrogens is 421 g/mol. The van der Waals surface area contributed by atoms with E-state index in [-0.39, 0.29) is 23.6 Å². The summed E-state index contributed by atoms with van der Waals surface area (Å²) in [5.74, 6) is -1.61. The van der Waals surface area contributed by atoms with Gasteiger partial charge in [-0.3, -0.25) is 0 Å². The van der Waals surface area contributed by atoms with Gasteiger partial charge in [-0.05, 0) is 47.2 Å². The molecule has 0 amide bonds. The number of benzene rings is 4. The molecule has 168 valence electrons. The van der Waals surface area contributed by atoms with Gasteiger partial charge < -0.3 is 4.74 Å². The Bertz CT molecular complexity index is 1250. The van der Waals surface area contributed by atoms with Crippen molar-refractivity contribution in [3.63, 3.8) is 0 Å². The number of ether oxygens (including phenoxy) is 1. The van der Waals surface area contributed by atoms with Crippen molar-refractivity contribution in [1.29, 1.82) is 0 Å². The highest BCUT2D eigenvalue weighted by atomic mass is 19.2. The van der Waals surface area contributed by atoms with Gasteiger partial charge in [0, 0.05) is 17.2 Å². The third kappa shape index (κ3) is 5.11. The van der Waals surface area contributed by atoms with E-state index in [2.05, 4.69) is 6.92 Å². The van der Waals surface area contributed by atoms with Crippen LogP contribution >= 0.6 is 0 Å². The molecule has 0 aromatic heterocycles. The van der Waals surface area contributed by atoms with Crippen LogP contribution in [0.2, 0.25) is 0 Å². The summed E-state index contributed by atoms with van der Waals surface area (Å²) >= 11 is 0. The second-order valence-corrected chi connectivity index (χ2v) is 8.13. The lowest BCUT2D eigenvalue weighted by atomic mass is 9.97. The fourth-order valence-corrected chi connectivity index (χ4v) is 3.75. The Morgan fingerprint density at radius 2 is 1.21 bits per heavy atom. The van der Waals surface area contributed by atoms with Crippen LogP contribution in [0.25, 0.3) is 22.3 Å². The molecular formula is C29H25F3O. The fraction of sp³-hybridized carbons (Fsp3) is 0.172. The van der Waals surface area contributed by atoms with Gasteiger partial charge in [-0.15, -0.1) is 0 Å². The van der Waals surface area contributed by atoms with Crippen molar-refractivity contribution in [2.45, 2.75) is 33.3 Å². The first-order chi connectivity index (χ1) is 16.0. The minimum Gasteiger partial charge on any atom is -0.489 e. The Morgan fingerprint density at radius 1 is 0.667 bits per heavy atom. The second-order valence-electron chi connectivity index (χ2n) is 8.13. The molecule has 0 aliphatic carbocycles. The number of halogens is 3. The summed E-state index contributed by atoms with van der Waals surface area (Å²) in [6.07, 6.45) is 1.99. The molecule has 33 heavy (non-hydrogen) atoms. The van der Waals surface area contributed by atoms with Gasteiger partial charge in [0.25, 0.3) is 0 Å². The quantitative estimate of drug-likeness (QED) is 0.278. The van der Waals surface area contributed by atoms with E-state index in [1.807, 2.05) is 24.3 Å². The first-order valence-electron chi connectivity index (χ1n) is 11.0. The van der Waals surface area contributed by atoms with Gasteiger partial charge >= 0.3 is 0 Å². The van der Waals surface area contributed by atoms with Crippen LogP contribution in [-0.4, -0.2) is 0 Å². The van der Waals surface area contributed by atoms with Gasteiger partial charge in [0.05, 0.1) is 0 Å². The molecule has 0 heterocycles. The smallest absolute Gasteiger partial charge is 0.167 e. The van der Waals surface area contributed by atoms with Crippen LogP contribution in [0.1, 0.15) is 30.0 Å². The Hall–Kier alpha value is -3.53. The van der Waals surface area contributed by atoms with E-state index >= 15 is 0 Å². The van der Waals surface area contributed by atoms with Crippen LogP contribution in [-0.2, 0) is 13.0 Å². The lowest BCUT2D eigenvalue weighted by Gasteiger charge is -2.11. The number of rotatable bonds is 7. The number of hydrogen-bond acceptors (Lipinski definition) is 1. The first-order valence-corrected chi connectivity index (χ1v) is 11.0. The van der Waals surface area contributed by atoms with Crippen molar-refractivity contribution in [1.82, 2.24) is 0 Å². The van der Waals surface area contributed by atoms with Crippen LogP contribution in [0.4, 0.5) is 13.2 Å². The Balaban J connectivity index is 1.50. The van der Waals surface area contributed by atoms with Crippen molar-refractivity contribution in [3.8, 4) is 28.0 Å². The van der Waals surface area contributed by atoms with Crippen molar-refractivity contribution in [2.24, 2.45) is 0 Å². The van der Waals surface area contributed by atoms with Gasteiger partial charge in [-0.1, -0.05) is 80.1 Å². The topological polar surface area (TPSA) is 9.23 Å². The molecule has 4 aromatic carbocycles. The van der Waals surface area contributed by atoms with Crippen molar-refractivity contribution >= 4 is 0 Å². The average molecular weight is 447 g/mol. The predicted octanol–water partition coefficient (Wildman–Crippen LogP) is 8.28. The highest BCUT2D eigenvalue weighted by Gasteiger charge is 2.16. The van der Waals surface area contributed by atoms with Crippen LogP contribution in [0, 0.1) is 24.4 Å². The zero-order chi connectivity index (χ0) is 23.4. The molecule has 0 unspecified atom stereocenters. The van der Waals surface area contributed by atoms with Crippen LogP contribution in [0.15, 0.2) is 78.9 Å². The Labute approximate surface area is 192 Å². The molecule has 0 radical (unpaired) electrons. The Kier molecular flexibility index (Phi) is 6.83.